The average molecular weight is 280 g/mol. The summed E-state index contributed by atoms with van der Waals surface area (Å²) in [4.78, 5) is 23.4. The summed E-state index contributed by atoms with van der Waals surface area (Å²) in [6.07, 6.45) is 0.604. The third-order valence-electron chi connectivity index (χ3n) is 2.69. The first-order valence-corrected chi connectivity index (χ1v) is 7.22. The van der Waals surface area contributed by atoms with Crippen LogP contribution >= 0.6 is 11.8 Å². The molecule has 1 rings (SSSR count). The van der Waals surface area contributed by atoms with Gasteiger partial charge in [0, 0.05) is 17.6 Å². The molecule has 0 unspecified atom stereocenters. The van der Waals surface area contributed by atoms with Gasteiger partial charge in [-0.25, -0.2) is 0 Å². The molecule has 0 fully saturated rings. The molecular formula is C15H20O3S. The van der Waals surface area contributed by atoms with Gasteiger partial charge in [-0.15, -0.1) is 0 Å². The highest BCUT2D eigenvalue weighted by atomic mass is 32.2. The summed E-state index contributed by atoms with van der Waals surface area (Å²) >= 11 is 1.32. The largest absolute Gasteiger partial charge is 0.469 e. The van der Waals surface area contributed by atoms with E-state index in [9.17, 15) is 9.59 Å². The predicted octanol–water partition coefficient (Wildman–Crippen LogP) is 3.39. The number of benzene rings is 1. The van der Waals surface area contributed by atoms with E-state index in [1.54, 1.807) is 0 Å². The third-order valence-corrected chi connectivity index (χ3v) is 3.59. The molecule has 0 saturated heterocycles. The molecule has 1 aromatic carbocycles. The fraction of sp³-hybridized carbons (Fsp3) is 0.467. The monoisotopic (exact) mass is 280 g/mol. The summed E-state index contributed by atoms with van der Waals surface area (Å²) in [7, 11) is 1.37. The van der Waals surface area contributed by atoms with Crippen LogP contribution in [0.25, 0.3) is 0 Å². The summed E-state index contributed by atoms with van der Waals surface area (Å²) in [6, 6.07) is 9.64. The molecule has 1 aromatic rings. The van der Waals surface area contributed by atoms with Crippen LogP contribution in [0, 0.1) is 0 Å². The Labute approximate surface area is 118 Å². The van der Waals surface area contributed by atoms with Gasteiger partial charge in [0.25, 0.3) is 0 Å². The lowest BCUT2D eigenvalue weighted by molar-refractivity contribution is -0.141. The van der Waals surface area contributed by atoms with E-state index < -0.39 is 0 Å². The lowest BCUT2D eigenvalue weighted by Gasteiger charge is -2.15. The van der Waals surface area contributed by atoms with E-state index >= 15 is 0 Å². The zero-order valence-electron chi connectivity index (χ0n) is 11.6. The van der Waals surface area contributed by atoms with Crippen molar-refractivity contribution in [1.29, 1.82) is 0 Å². The van der Waals surface area contributed by atoms with E-state index in [-0.39, 0.29) is 28.7 Å². The topological polar surface area (TPSA) is 43.4 Å². The van der Waals surface area contributed by atoms with Crippen LogP contribution in [-0.2, 0) is 14.3 Å². The maximum Gasteiger partial charge on any atom is 0.306 e. The van der Waals surface area contributed by atoms with Gasteiger partial charge in [-0.2, -0.15) is 0 Å². The van der Waals surface area contributed by atoms with Crippen LogP contribution in [0.15, 0.2) is 30.3 Å². The fourth-order valence-corrected chi connectivity index (χ4v) is 2.65. The number of ether oxygens (including phenoxy) is 1. The quantitative estimate of drug-likeness (QED) is 0.749. The van der Waals surface area contributed by atoms with Crippen molar-refractivity contribution in [3.8, 4) is 0 Å². The number of carbonyl (C=O) groups is 2. The smallest absolute Gasteiger partial charge is 0.306 e. The molecule has 19 heavy (non-hydrogen) atoms. The Balaban J connectivity index is 2.75. The molecule has 4 heteroatoms. The van der Waals surface area contributed by atoms with Crippen LogP contribution < -0.4 is 0 Å². The van der Waals surface area contributed by atoms with Gasteiger partial charge in [-0.3, -0.25) is 9.59 Å². The van der Waals surface area contributed by atoms with Crippen LogP contribution in [0.2, 0.25) is 0 Å². The number of carbonyl (C=O) groups excluding carboxylic acids is 2. The molecule has 1 atom stereocenters. The summed E-state index contributed by atoms with van der Waals surface area (Å²) in [6.45, 7) is 3.97. The number of esters is 1. The predicted molar refractivity (Wildman–Crippen MR) is 78.2 cm³/mol. The molecule has 0 amide bonds. The summed E-state index contributed by atoms with van der Waals surface area (Å²) < 4.78 is 4.71. The Kier molecular flexibility index (Phi) is 6.64. The molecule has 0 aliphatic rings. The maximum atomic E-state index is 11.9. The van der Waals surface area contributed by atoms with Crippen molar-refractivity contribution in [1.82, 2.24) is 0 Å². The maximum absolute atomic E-state index is 11.9. The normalized spacial score (nSPS) is 12.2. The van der Waals surface area contributed by atoms with Crippen molar-refractivity contribution in [3.63, 3.8) is 0 Å². The minimum Gasteiger partial charge on any atom is -0.469 e. The lowest BCUT2D eigenvalue weighted by Crippen LogP contribution is -2.12. The fourth-order valence-electron chi connectivity index (χ4n) is 1.83. The van der Waals surface area contributed by atoms with E-state index in [4.69, 9.17) is 4.74 Å². The second-order valence-corrected chi connectivity index (χ2v) is 6.26. The summed E-state index contributed by atoms with van der Waals surface area (Å²) in [5.41, 5.74) is 1.01. The average Bonchev–Trinajstić information content (AvgIpc) is 2.37. The Hall–Kier alpha value is -1.29. The molecule has 0 heterocycles. The highest BCUT2D eigenvalue weighted by Crippen LogP contribution is 2.27. The second-order valence-electron chi connectivity index (χ2n) is 4.63. The Morgan fingerprint density at radius 2 is 1.79 bits per heavy atom. The van der Waals surface area contributed by atoms with E-state index in [0.717, 1.165) is 5.56 Å². The van der Waals surface area contributed by atoms with E-state index in [1.807, 2.05) is 44.2 Å². The zero-order chi connectivity index (χ0) is 14.3. The van der Waals surface area contributed by atoms with Gasteiger partial charge >= 0.3 is 5.97 Å². The van der Waals surface area contributed by atoms with E-state index in [1.165, 1.54) is 18.9 Å². The first-order valence-electron chi connectivity index (χ1n) is 6.34. The van der Waals surface area contributed by atoms with Crippen molar-refractivity contribution in [2.45, 2.75) is 37.9 Å². The van der Waals surface area contributed by atoms with Crippen LogP contribution in [0.5, 0.6) is 0 Å². The first-order chi connectivity index (χ1) is 9.02. The van der Waals surface area contributed by atoms with E-state index in [0.29, 0.717) is 6.42 Å². The molecule has 104 valence electrons. The number of hydrogen-bond acceptors (Lipinski definition) is 4. The molecule has 0 aromatic heterocycles. The van der Waals surface area contributed by atoms with Gasteiger partial charge in [-0.1, -0.05) is 55.9 Å². The van der Waals surface area contributed by atoms with Crippen LogP contribution in [0.4, 0.5) is 0 Å². The molecule has 0 radical (unpaired) electrons. The van der Waals surface area contributed by atoms with Crippen LogP contribution in [0.3, 0.4) is 0 Å². The first kappa shape index (κ1) is 15.8. The van der Waals surface area contributed by atoms with Gasteiger partial charge in [-0.05, 0) is 5.56 Å². The SMILES string of the molecule is COC(=O)C[C@H](CC(=O)SC(C)C)c1ccccc1. The van der Waals surface area contributed by atoms with Gasteiger partial charge in [0.05, 0.1) is 13.5 Å². The zero-order valence-corrected chi connectivity index (χ0v) is 12.4. The van der Waals surface area contributed by atoms with Gasteiger partial charge in [0.15, 0.2) is 5.12 Å². The standard InChI is InChI=1S/C15H20O3S/c1-11(2)19-15(17)10-13(9-14(16)18-3)12-7-5-4-6-8-12/h4-8,11,13H,9-10H2,1-3H3/t13-/m1/s1. The van der Waals surface area contributed by atoms with Gasteiger partial charge in [0.2, 0.25) is 0 Å². The second kappa shape index (κ2) is 8.00. The van der Waals surface area contributed by atoms with Crippen molar-refractivity contribution in [2.75, 3.05) is 7.11 Å². The van der Waals surface area contributed by atoms with Crippen molar-refractivity contribution >= 4 is 22.8 Å². The molecule has 0 spiro atoms. The van der Waals surface area contributed by atoms with Gasteiger partial charge < -0.3 is 4.74 Å². The Morgan fingerprint density at radius 3 is 2.32 bits per heavy atom. The molecule has 0 aliphatic heterocycles. The summed E-state index contributed by atoms with van der Waals surface area (Å²) in [5.74, 6) is -0.386. The highest BCUT2D eigenvalue weighted by molar-refractivity contribution is 8.14. The Bertz CT molecular complexity index is 415. The van der Waals surface area contributed by atoms with Crippen molar-refractivity contribution in [3.05, 3.63) is 35.9 Å². The molecule has 3 nitrogen and oxygen atoms in total. The minimum atomic E-state index is -0.281. The lowest BCUT2D eigenvalue weighted by atomic mass is 9.93. The number of thioether (sulfide) groups is 1. The number of hydrogen-bond donors (Lipinski definition) is 0. The number of methoxy groups -OCH3 is 1. The number of rotatable bonds is 6. The molecule has 0 N–H and O–H groups in total. The van der Waals surface area contributed by atoms with Gasteiger partial charge in [0.1, 0.15) is 0 Å². The molecule has 0 saturated carbocycles. The molecule has 0 aliphatic carbocycles. The minimum absolute atomic E-state index is 0.104. The third kappa shape index (κ3) is 5.92. The molecule has 0 bridgehead atoms. The summed E-state index contributed by atoms with van der Waals surface area (Å²) in [5, 5.41) is 0.384. The highest BCUT2D eigenvalue weighted by Gasteiger charge is 2.20. The van der Waals surface area contributed by atoms with Crippen molar-refractivity contribution in [2.24, 2.45) is 0 Å². The van der Waals surface area contributed by atoms with Crippen LogP contribution in [-0.4, -0.2) is 23.4 Å². The van der Waals surface area contributed by atoms with E-state index in [2.05, 4.69) is 0 Å². The Morgan fingerprint density at radius 1 is 1.16 bits per heavy atom. The molecular weight excluding hydrogens is 260 g/mol. The van der Waals surface area contributed by atoms with Crippen molar-refractivity contribution < 1.29 is 14.3 Å². The van der Waals surface area contributed by atoms with Crippen LogP contribution in [0.1, 0.15) is 38.2 Å².